The van der Waals surface area contributed by atoms with Crippen molar-refractivity contribution in [1.82, 2.24) is 10.2 Å². The van der Waals surface area contributed by atoms with Gasteiger partial charge in [0.15, 0.2) is 17.4 Å². The van der Waals surface area contributed by atoms with Crippen LogP contribution in [0.2, 0.25) is 0 Å². The van der Waals surface area contributed by atoms with Crippen LogP contribution in [-0.2, 0) is 10.0 Å². The second-order valence-corrected chi connectivity index (χ2v) is 6.19. The van der Waals surface area contributed by atoms with Gasteiger partial charge in [0.1, 0.15) is 0 Å². The highest BCUT2D eigenvalue weighted by Gasteiger charge is 2.05. The van der Waals surface area contributed by atoms with E-state index in [1.54, 1.807) is 30.3 Å². The smallest absolute Gasteiger partial charge is 0.231 e. The molecule has 2 rings (SSSR count). The SMILES string of the molecule is CC(=O)c1cccc(Nc2ccc(NS(C)(=O)=O)nn2)c1. The number of hydrogen-bond acceptors (Lipinski definition) is 6. The number of nitrogens with zero attached hydrogens (tertiary/aromatic N) is 2. The minimum atomic E-state index is -3.37. The fraction of sp³-hybridized carbons (Fsp3) is 0.154. The van der Waals surface area contributed by atoms with Crippen molar-refractivity contribution >= 4 is 33.1 Å². The van der Waals surface area contributed by atoms with Gasteiger partial charge in [0.25, 0.3) is 0 Å². The fourth-order valence-electron chi connectivity index (χ4n) is 1.61. The number of rotatable bonds is 5. The molecule has 8 heteroatoms. The Labute approximate surface area is 122 Å². The van der Waals surface area contributed by atoms with Gasteiger partial charge in [-0.15, -0.1) is 10.2 Å². The van der Waals surface area contributed by atoms with Gasteiger partial charge in [-0.2, -0.15) is 0 Å². The number of carbonyl (C=O) groups excluding carboxylic acids is 1. The first-order valence-electron chi connectivity index (χ1n) is 6.03. The van der Waals surface area contributed by atoms with E-state index in [4.69, 9.17) is 0 Å². The van der Waals surface area contributed by atoms with Crippen LogP contribution in [0, 0.1) is 0 Å². The van der Waals surface area contributed by atoms with Crippen molar-refractivity contribution in [1.29, 1.82) is 0 Å². The summed E-state index contributed by atoms with van der Waals surface area (Å²) in [6, 6.07) is 10.0. The number of hydrogen-bond donors (Lipinski definition) is 2. The molecule has 0 unspecified atom stereocenters. The van der Waals surface area contributed by atoms with Crippen LogP contribution >= 0.6 is 0 Å². The molecule has 2 aromatic rings. The summed E-state index contributed by atoms with van der Waals surface area (Å²) in [5.41, 5.74) is 1.28. The molecule has 1 aromatic heterocycles. The summed E-state index contributed by atoms with van der Waals surface area (Å²) in [6.07, 6.45) is 1.04. The molecule has 0 fully saturated rings. The van der Waals surface area contributed by atoms with Crippen molar-refractivity contribution < 1.29 is 13.2 Å². The molecule has 7 nitrogen and oxygen atoms in total. The number of ketones is 1. The van der Waals surface area contributed by atoms with Crippen LogP contribution in [0.4, 0.5) is 17.3 Å². The summed E-state index contributed by atoms with van der Waals surface area (Å²) in [5.74, 6) is 0.549. The van der Waals surface area contributed by atoms with Gasteiger partial charge in [0.05, 0.1) is 6.26 Å². The molecular formula is C13H14N4O3S. The van der Waals surface area contributed by atoms with E-state index in [-0.39, 0.29) is 11.6 Å². The number of sulfonamides is 1. The molecule has 0 saturated heterocycles. The highest BCUT2D eigenvalue weighted by molar-refractivity contribution is 7.92. The van der Waals surface area contributed by atoms with Gasteiger partial charge >= 0.3 is 0 Å². The standard InChI is InChI=1S/C13H14N4O3S/c1-9(18)10-4-3-5-11(8-10)14-12-6-7-13(16-15-12)17-21(2,19)20/h3-8H,1-2H3,(H,14,15)(H,16,17). The molecule has 0 radical (unpaired) electrons. The number of carbonyl (C=O) groups is 1. The normalized spacial score (nSPS) is 11.0. The first kappa shape index (κ1) is 14.9. The Morgan fingerprint density at radius 2 is 1.76 bits per heavy atom. The van der Waals surface area contributed by atoms with Crippen molar-refractivity contribution in [3.8, 4) is 0 Å². The van der Waals surface area contributed by atoms with Gasteiger partial charge in [0.2, 0.25) is 10.0 Å². The fourth-order valence-corrected chi connectivity index (χ4v) is 2.10. The second kappa shape index (κ2) is 5.88. The Morgan fingerprint density at radius 1 is 1.10 bits per heavy atom. The Kier molecular flexibility index (Phi) is 4.18. The lowest BCUT2D eigenvalue weighted by Gasteiger charge is -2.07. The lowest BCUT2D eigenvalue weighted by molar-refractivity contribution is 0.101. The zero-order valence-electron chi connectivity index (χ0n) is 11.5. The zero-order valence-corrected chi connectivity index (χ0v) is 12.3. The van der Waals surface area contributed by atoms with E-state index in [1.165, 1.54) is 13.0 Å². The lowest BCUT2D eigenvalue weighted by atomic mass is 10.1. The van der Waals surface area contributed by atoms with Gasteiger partial charge < -0.3 is 5.32 Å². The highest BCUT2D eigenvalue weighted by Crippen LogP contribution is 2.16. The minimum absolute atomic E-state index is 0.0302. The maximum atomic E-state index is 11.3. The molecule has 0 bridgehead atoms. The third-order valence-corrected chi connectivity index (χ3v) is 3.08. The number of Topliss-reactive ketones (excluding diaryl/α,β-unsaturated/α-hetero) is 1. The molecule has 0 saturated carbocycles. The largest absolute Gasteiger partial charge is 0.339 e. The first-order chi connectivity index (χ1) is 9.83. The van der Waals surface area contributed by atoms with Crippen molar-refractivity contribution in [3.05, 3.63) is 42.0 Å². The molecule has 0 amide bonds. The van der Waals surface area contributed by atoms with Crippen LogP contribution in [-0.4, -0.2) is 30.7 Å². The first-order valence-corrected chi connectivity index (χ1v) is 7.92. The maximum Gasteiger partial charge on any atom is 0.231 e. The van der Waals surface area contributed by atoms with Crippen molar-refractivity contribution in [3.63, 3.8) is 0 Å². The average molecular weight is 306 g/mol. The molecule has 110 valence electrons. The number of nitrogens with one attached hydrogen (secondary N) is 2. The molecule has 1 aromatic carbocycles. The van der Waals surface area contributed by atoms with Gasteiger partial charge in [-0.05, 0) is 31.2 Å². The highest BCUT2D eigenvalue weighted by atomic mass is 32.2. The minimum Gasteiger partial charge on any atom is -0.339 e. The Balaban J connectivity index is 2.13. The summed E-state index contributed by atoms with van der Waals surface area (Å²) in [5, 5.41) is 10.6. The number of benzene rings is 1. The monoisotopic (exact) mass is 306 g/mol. The predicted molar refractivity (Wildman–Crippen MR) is 80.2 cm³/mol. The molecule has 2 N–H and O–H groups in total. The van der Waals surface area contributed by atoms with E-state index in [0.717, 1.165) is 6.26 Å². The van der Waals surface area contributed by atoms with Crippen LogP contribution in [0.3, 0.4) is 0 Å². The maximum absolute atomic E-state index is 11.3. The third kappa shape index (κ3) is 4.53. The van der Waals surface area contributed by atoms with E-state index >= 15 is 0 Å². The van der Waals surface area contributed by atoms with Crippen molar-refractivity contribution in [2.45, 2.75) is 6.92 Å². The third-order valence-electron chi connectivity index (χ3n) is 2.50. The molecule has 0 aliphatic carbocycles. The summed E-state index contributed by atoms with van der Waals surface area (Å²) in [6.45, 7) is 1.49. The molecule has 0 spiro atoms. The number of aromatic nitrogens is 2. The van der Waals surface area contributed by atoms with E-state index < -0.39 is 10.0 Å². The molecule has 0 aliphatic heterocycles. The molecule has 0 aliphatic rings. The molecular weight excluding hydrogens is 292 g/mol. The van der Waals surface area contributed by atoms with Gasteiger partial charge in [-0.1, -0.05) is 12.1 Å². The second-order valence-electron chi connectivity index (χ2n) is 4.44. The van der Waals surface area contributed by atoms with Crippen LogP contribution in [0.1, 0.15) is 17.3 Å². The summed E-state index contributed by atoms with van der Waals surface area (Å²) in [4.78, 5) is 11.3. The van der Waals surface area contributed by atoms with E-state index in [1.807, 2.05) is 0 Å². The lowest BCUT2D eigenvalue weighted by Crippen LogP contribution is -2.11. The van der Waals surface area contributed by atoms with E-state index in [9.17, 15) is 13.2 Å². The van der Waals surface area contributed by atoms with Crippen LogP contribution in [0.15, 0.2) is 36.4 Å². The van der Waals surface area contributed by atoms with E-state index in [2.05, 4.69) is 20.2 Å². The Bertz CT molecular complexity index is 757. The quantitative estimate of drug-likeness (QED) is 0.817. The Hall–Kier alpha value is -2.48. The summed E-state index contributed by atoms with van der Waals surface area (Å²) >= 11 is 0. The van der Waals surface area contributed by atoms with Crippen molar-refractivity contribution in [2.24, 2.45) is 0 Å². The van der Waals surface area contributed by atoms with Gasteiger partial charge in [-0.3, -0.25) is 9.52 Å². The van der Waals surface area contributed by atoms with Gasteiger partial charge in [-0.25, -0.2) is 8.42 Å². The van der Waals surface area contributed by atoms with Crippen molar-refractivity contribution in [2.75, 3.05) is 16.3 Å². The average Bonchev–Trinajstić information content (AvgIpc) is 2.40. The predicted octanol–water partition coefficient (Wildman–Crippen LogP) is 1.79. The molecule has 0 atom stereocenters. The molecule has 1 heterocycles. The summed E-state index contributed by atoms with van der Waals surface area (Å²) < 4.78 is 24.3. The van der Waals surface area contributed by atoms with Crippen LogP contribution < -0.4 is 10.0 Å². The number of anilines is 3. The van der Waals surface area contributed by atoms with Crippen LogP contribution in [0.25, 0.3) is 0 Å². The van der Waals surface area contributed by atoms with Crippen LogP contribution in [0.5, 0.6) is 0 Å². The topological polar surface area (TPSA) is 101 Å². The Morgan fingerprint density at radius 3 is 2.33 bits per heavy atom. The molecule has 21 heavy (non-hydrogen) atoms. The zero-order chi connectivity index (χ0) is 15.5. The van der Waals surface area contributed by atoms with Gasteiger partial charge in [0, 0.05) is 11.3 Å². The van der Waals surface area contributed by atoms with E-state index in [0.29, 0.717) is 17.1 Å². The summed E-state index contributed by atoms with van der Waals surface area (Å²) in [7, 11) is -3.37.